The van der Waals surface area contributed by atoms with Crippen molar-refractivity contribution < 1.29 is 14.2 Å². The fraction of sp³-hybridized carbons (Fsp3) is 0.148. The fourth-order valence-corrected chi connectivity index (χ4v) is 3.77. The van der Waals surface area contributed by atoms with E-state index in [2.05, 4.69) is 20.9 Å². The van der Waals surface area contributed by atoms with Gasteiger partial charge in [0.05, 0.1) is 39.4 Å². The number of hydrogen-bond acceptors (Lipinski definition) is 7. The zero-order valence-electron chi connectivity index (χ0n) is 20.2. The van der Waals surface area contributed by atoms with Crippen LogP contribution in [0, 0.1) is 0 Å². The number of rotatable bonds is 9. The van der Waals surface area contributed by atoms with Gasteiger partial charge in [0.1, 0.15) is 5.82 Å². The number of benzene rings is 3. The molecule has 0 radical (unpaired) electrons. The first kappa shape index (κ1) is 24.7. The number of anilines is 3. The van der Waals surface area contributed by atoms with Crippen molar-refractivity contribution in [3.63, 3.8) is 0 Å². The zero-order valence-corrected chi connectivity index (χ0v) is 21.1. The van der Waals surface area contributed by atoms with Gasteiger partial charge in [-0.15, -0.1) is 0 Å². The maximum absolute atomic E-state index is 5.46. The summed E-state index contributed by atoms with van der Waals surface area (Å²) in [4.78, 5) is 9.08. The topological polar surface area (TPSA) is 89.6 Å². The quantitative estimate of drug-likeness (QED) is 0.261. The van der Waals surface area contributed by atoms with Crippen LogP contribution in [0.15, 0.2) is 79.1 Å². The van der Waals surface area contributed by atoms with Gasteiger partial charge in [-0.2, -0.15) is 0 Å². The van der Waals surface area contributed by atoms with Crippen LogP contribution in [0.3, 0.4) is 0 Å². The van der Waals surface area contributed by atoms with E-state index in [-0.39, 0.29) is 0 Å². The highest BCUT2D eigenvalue weighted by atomic mass is 32.1. The SMILES string of the molecule is COc1cc(Nc2cncc(-c3cccc(NC(=S)NCc4ccccc4)c3)n2)cc(OC)c1OC. The van der Waals surface area contributed by atoms with Gasteiger partial charge in [-0.25, -0.2) is 4.98 Å². The van der Waals surface area contributed by atoms with Crippen molar-refractivity contribution in [1.29, 1.82) is 0 Å². The molecule has 0 fully saturated rings. The second-order valence-corrected chi connectivity index (χ2v) is 8.11. The molecule has 9 heteroatoms. The number of ether oxygens (including phenoxy) is 3. The number of methoxy groups -OCH3 is 3. The Kier molecular flexibility index (Phi) is 8.15. The normalized spacial score (nSPS) is 10.3. The number of nitrogens with one attached hydrogen (secondary N) is 3. The van der Waals surface area contributed by atoms with Gasteiger partial charge in [0.15, 0.2) is 16.6 Å². The van der Waals surface area contributed by atoms with Gasteiger partial charge in [-0.1, -0.05) is 42.5 Å². The molecule has 0 saturated carbocycles. The van der Waals surface area contributed by atoms with E-state index in [1.165, 1.54) is 0 Å². The largest absolute Gasteiger partial charge is 0.493 e. The summed E-state index contributed by atoms with van der Waals surface area (Å²) in [7, 11) is 4.72. The number of nitrogens with zero attached hydrogens (tertiary/aromatic N) is 2. The lowest BCUT2D eigenvalue weighted by Gasteiger charge is -2.15. The Morgan fingerprint density at radius 1 is 0.833 bits per heavy atom. The van der Waals surface area contributed by atoms with Crippen molar-refractivity contribution >= 4 is 34.5 Å². The zero-order chi connectivity index (χ0) is 25.3. The Balaban J connectivity index is 1.47. The highest BCUT2D eigenvalue weighted by molar-refractivity contribution is 7.80. The number of hydrogen-bond donors (Lipinski definition) is 3. The molecular formula is C27H27N5O3S. The van der Waals surface area contributed by atoms with Crippen LogP contribution in [0.25, 0.3) is 11.3 Å². The second kappa shape index (κ2) is 11.9. The summed E-state index contributed by atoms with van der Waals surface area (Å²) >= 11 is 5.46. The first-order valence-corrected chi connectivity index (χ1v) is 11.6. The van der Waals surface area contributed by atoms with Crippen LogP contribution in [0.5, 0.6) is 17.2 Å². The monoisotopic (exact) mass is 501 g/mol. The summed E-state index contributed by atoms with van der Waals surface area (Å²) in [6.45, 7) is 0.645. The summed E-state index contributed by atoms with van der Waals surface area (Å²) in [5, 5.41) is 10.3. The Hall–Kier alpha value is -4.37. The Labute approximate surface area is 215 Å². The minimum absolute atomic E-state index is 0.519. The van der Waals surface area contributed by atoms with Gasteiger partial charge in [0.25, 0.3) is 0 Å². The highest BCUT2D eigenvalue weighted by Gasteiger charge is 2.14. The average molecular weight is 502 g/mol. The third kappa shape index (κ3) is 6.19. The van der Waals surface area contributed by atoms with Crippen LogP contribution in [0.4, 0.5) is 17.2 Å². The Morgan fingerprint density at radius 2 is 1.58 bits per heavy atom. The van der Waals surface area contributed by atoms with Crippen LogP contribution in [0.1, 0.15) is 5.56 Å². The predicted molar refractivity (Wildman–Crippen MR) is 146 cm³/mol. The number of aromatic nitrogens is 2. The molecule has 0 amide bonds. The van der Waals surface area contributed by atoms with E-state index in [9.17, 15) is 0 Å². The van der Waals surface area contributed by atoms with Gasteiger partial charge < -0.3 is 30.2 Å². The first-order chi connectivity index (χ1) is 17.6. The van der Waals surface area contributed by atoms with Crippen LogP contribution < -0.4 is 30.2 Å². The standard InChI is InChI=1S/C27H27N5O3S/c1-33-23-13-21(14-24(34-2)26(23)35-3)30-25-17-28-16-22(32-25)19-10-7-11-20(12-19)31-27(36)29-15-18-8-5-4-6-9-18/h4-14,16-17H,15H2,1-3H3,(H,30,32)(H2,29,31,36). The van der Waals surface area contributed by atoms with Crippen LogP contribution in [0.2, 0.25) is 0 Å². The van der Waals surface area contributed by atoms with E-state index in [1.807, 2.05) is 66.7 Å². The summed E-state index contributed by atoms with van der Waals surface area (Å²) in [5.74, 6) is 2.17. The molecule has 8 nitrogen and oxygen atoms in total. The molecular weight excluding hydrogens is 474 g/mol. The molecule has 1 heterocycles. The van der Waals surface area contributed by atoms with Crippen molar-refractivity contribution in [1.82, 2.24) is 15.3 Å². The second-order valence-electron chi connectivity index (χ2n) is 7.70. The summed E-state index contributed by atoms with van der Waals surface area (Å²) in [5.41, 5.74) is 4.33. The molecule has 0 saturated heterocycles. The molecule has 0 bridgehead atoms. The van der Waals surface area contributed by atoms with E-state index in [0.717, 1.165) is 22.5 Å². The molecule has 0 aliphatic rings. The predicted octanol–water partition coefficient (Wildman–Crippen LogP) is 5.40. The van der Waals surface area contributed by atoms with Crippen LogP contribution in [-0.4, -0.2) is 36.4 Å². The number of thiocarbonyl (C=S) groups is 1. The third-order valence-electron chi connectivity index (χ3n) is 5.28. The van der Waals surface area contributed by atoms with Crippen molar-refractivity contribution in [2.75, 3.05) is 32.0 Å². The van der Waals surface area contributed by atoms with Crippen molar-refractivity contribution in [3.8, 4) is 28.5 Å². The van der Waals surface area contributed by atoms with Crippen LogP contribution in [-0.2, 0) is 6.54 Å². The molecule has 1 aromatic heterocycles. The fourth-order valence-electron chi connectivity index (χ4n) is 3.58. The van der Waals surface area contributed by atoms with E-state index >= 15 is 0 Å². The smallest absolute Gasteiger partial charge is 0.203 e. The molecule has 0 aliphatic heterocycles. The first-order valence-electron chi connectivity index (χ1n) is 11.2. The lowest BCUT2D eigenvalue weighted by Crippen LogP contribution is -2.27. The summed E-state index contributed by atoms with van der Waals surface area (Å²) < 4.78 is 16.3. The summed E-state index contributed by atoms with van der Waals surface area (Å²) in [6.07, 6.45) is 3.36. The van der Waals surface area contributed by atoms with E-state index < -0.39 is 0 Å². The average Bonchev–Trinajstić information content (AvgIpc) is 2.92. The van der Waals surface area contributed by atoms with Crippen molar-refractivity contribution in [3.05, 3.63) is 84.7 Å². The minimum Gasteiger partial charge on any atom is -0.493 e. The molecule has 4 rings (SSSR count). The van der Waals surface area contributed by atoms with E-state index in [1.54, 1.807) is 33.7 Å². The molecule has 3 aromatic carbocycles. The van der Waals surface area contributed by atoms with Gasteiger partial charge >= 0.3 is 0 Å². The Bertz CT molecular complexity index is 1310. The van der Waals surface area contributed by atoms with E-state index in [0.29, 0.717) is 40.4 Å². The lowest BCUT2D eigenvalue weighted by atomic mass is 10.1. The maximum atomic E-state index is 5.46. The molecule has 0 aliphatic carbocycles. The molecule has 184 valence electrons. The summed E-state index contributed by atoms with van der Waals surface area (Å²) in [6, 6.07) is 21.6. The molecule has 3 N–H and O–H groups in total. The van der Waals surface area contributed by atoms with Gasteiger partial charge in [0, 0.05) is 35.6 Å². The third-order valence-corrected chi connectivity index (χ3v) is 5.53. The molecule has 4 aromatic rings. The molecule has 36 heavy (non-hydrogen) atoms. The van der Waals surface area contributed by atoms with Crippen LogP contribution >= 0.6 is 12.2 Å². The Morgan fingerprint density at radius 3 is 2.28 bits per heavy atom. The van der Waals surface area contributed by atoms with E-state index in [4.69, 9.17) is 31.4 Å². The van der Waals surface area contributed by atoms with Gasteiger partial charge in [0.2, 0.25) is 5.75 Å². The van der Waals surface area contributed by atoms with Gasteiger partial charge in [-0.05, 0) is 29.9 Å². The lowest BCUT2D eigenvalue weighted by molar-refractivity contribution is 0.324. The maximum Gasteiger partial charge on any atom is 0.203 e. The highest BCUT2D eigenvalue weighted by Crippen LogP contribution is 2.40. The van der Waals surface area contributed by atoms with Crippen molar-refractivity contribution in [2.45, 2.75) is 6.54 Å². The van der Waals surface area contributed by atoms with Gasteiger partial charge in [-0.3, -0.25) is 4.98 Å². The molecule has 0 unspecified atom stereocenters. The molecule has 0 atom stereocenters. The van der Waals surface area contributed by atoms with Crippen molar-refractivity contribution in [2.24, 2.45) is 0 Å². The molecule has 0 spiro atoms. The minimum atomic E-state index is 0.519.